The fourth-order valence-electron chi connectivity index (χ4n) is 2.19. The highest BCUT2D eigenvalue weighted by Gasteiger charge is 2.20. The molecular formula is C15H22N2O3. The van der Waals surface area contributed by atoms with E-state index in [-0.39, 0.29) is 12.5 Å². The molecule has 0 unspecified atom stereocenters. The fourth-order valence-corrected chi connectivity index (χ4v) is 2.19. The SMILES string of the molecule is COCCN1CCN(C(=O)COc2ccccc2)CC1. The van der Waals surface area contributed by atoms with E-state index in [1.807, 2.05) is 35.2 Å². The Labute approximate surface area is 120 Å². The van der Waals surface area contributed by atoms with Crippen LogP contribution in [0.2, 0.25) is 0 Å². The van der Waals surface area contributed by atoms with Crippen molar-refractivity contribution in [3.8, 4) is 5.75 Å². The van der Waals surface area contributed by atoms with Gasteiger partial charge in [-0.1, -0.05) is 18.2 Å². The van der Waals surface area contributed by atoms with E-state index in [0.717, 1.165) is 45.1 Å². The van der Waals surface area contributed by atoms with Crippen LogP contribution in [0, 0.1) is 0 Å². The number of amides is 1. The maximum atomic E-state index is 12.0. The van der Waals surface area contributed by atoms with Crippen LogP contribution in [0.1, 0.15) is 0 Å². The lowest BCUT2D eigenvalue weighted by Gasteiger charge is -2.34. The average molecular weight is 278 g/mol. The molecule has 1 aliphatic heterocycles. The summed E-state index contributed by atoms with van der Waals surface area (Å²) >= 11 is 0. The molecule has 0 spiro atoms. The Morgan fingerprint density at radius 1 is 1.15 bits per heavy atom. The second-order valence-corrected chi connectivity index (χ2v) is 4.82. The molecule has 110 valence electrons. The summed E-state index contributed by atoms with van der Waals surface area (Å²) < 4.78 is 10.6. The van der Waals surface area contributed by atoms with Crippen LogP contribution in [0.4, 0.5) is 0 Å². The molecule has 20 heavy (non-hydrogen) atoms. The Hall–Kier alpha value is -1.59. The first kappa shape index (κ1) is 14.8. The molecule has 0 atom stereocenters. The van der Waals surface area contributed by atoms with Crippen LogP contribution in [-0.4, -0.2) is 68.8 Å². The van der Waals surface area contributed by atoms with Gasteiger partial charge in [-0.2, -0.15) is 0 Å². The molecule has 1 aliphatic rings. The van der Waals surface area contributed by atoms with Crippen molar-refractivity contribution in [2.75, 3.05) is 53.0 Å². The van der Waals surface area contributed by atoms with Crippen molar-refractivity contribution in [1.29, 1.82) is 0 Å². The third-order valence-electron chi connectivity index (χ3n) is 3.44. The van der Waals surface area contributed by atoms with Gasteiger partial charge >= 0.3 is 0 Å². The Balaban J connectivity index is 1.69. The van der Waals surface area contributed by atoms with Crippen molar-refractivity contribution < 1.29 is 14.3 Å². The molecule has 1 aromatic carbocycles. The van der Waals surface area contributed by atoms with Crippen LogP contribution in [-0.2, 0) is 9.53 Å². The van der Waals surface area contributed by atoms with E-state index in [2.05, 4.69) is 4.90 Å². The number of hydrogen-bond donors (Lipinski definition) is 0. The number of benzene rings is 1. The molecule has 0 bridgehead atoms. The third-order valence-corrected chi connectivity index (χ3v) is 3.44. The molecule has 0 aromatic heterocycles. The summed E-state index contributed by atoms with van der Waals surface area (Å²) in [6.07, 6.45) is 0. The highest BCUT2D eigenvalue weighted by atomic mass is 16.5. The van der Waals surface area contributed by atoms with Crippen molar-refractivity contribution in [1.82, 2.24) is 9.80 Å². The number of carbonyl (C=O) groups excluding carboxylic acids is 1. The van der Waals surface area contributed by atoms with Gasteiger partial charge in [-0.15, -0.1) is 0 Å². The largest absolute Gasteiger partial charge is 0.484 e. The van der Waals surface area contributed by atoms with Crippen molar-refractivity contribution in [3.05, 3.63) is 30.3 Å². The van der Waals surface area contributed by atoms with E-state index in [1.165, 1.54) is 0 Å². The number of carbonyl (C=O) groups is 1. The topological polar surface area (TPSA) is 42.0 Å². The van der Waals surface area contributed by atoms with E-state index < -0.39 is 0 Å². The van der Waals surface area contributed by atoms with Crippen LogP contribution in [0.5, 0.6) is 5.75 Å². The fraction of sp³-hybridized carbons (Fsp3) is 0.533. The number of hydrogen-bond acceptors (Lipinski definition) is 4. The highest BCUT2D eigenvalue weighted by molar-refractivity contribution is 5.77. The van der Waals surface area contributed by atoms with E-state index in [4.69, 9.17) is 9.47 Å². The maximum Gasteiger partial charge on any atom is 0.260 e. The summed E-state index contributed by atoms with van der Waals surface area (Å²) in [4.78, 5) is 16.2. The second kappa shape index (κ2) is 7.87. The molecule has 1 saturated heterocycles. The zero-order chi connectivity index (χ0) is 14.2. The van der Waals surface area contributed by atoms with Gasteiger partial charge in [0.2, 0.25) is 0 Å². The molecular weight excluding hydrogens is 256 g/mol. The molecule has 1 aromatic rings. The van der Waals surface area contributed by atoms with Crippen molar-refractivity contribution in [3.63, 3.8) is 0 Å². The molecule has 5 nitrogen and oxygen atoms in total. The smallest absolute Gasteiger partial charge is 0.260 e. The first-order valence-electron chi connectivity index (χ1n) is 6.96. The molecule has 5 heteroatoms. The van der Waals surface area contributed by atoms with Crippen LogP contribution >= 0.6 is 0 Å². The monoisotopic (exact) mass is 278 g/mol. The van der Waals surface area contributed by atoms with Crippen molar-refractivity contribution >= 4 is 5.91 Å². The van der Waals surface area contributed by atoms with Crippen LogP contribution < -0.4 is 4.74 Å². The number of nitrogens with zero attached hydrogens (tertiary/aromatic N) is 2. The number of methoxy groups -OCH3 is 1. The number of para-hydroxylation sites is 1. The van der Waals surface area contributed by atoms with Crippen LogP contribution in [0.25, 0.3) is 0 Å². The number of rotatable bonds is 6. The van der Waals surface area contributed by atoms with E-state index in [1.54, 1.807) is 7.11 Å². The highest BCUT2D eigenvalue weighted by Crippen LogP contribution is 2.09. The predicted molar refractivity (Wildman–Crippen MR) is 76.8 cm³/mol. The summed E-state index contributed by atoms with van der Waals surface area (Å²) in [5.74, 6) is 0.792. The van der Waals surface area contributed by atoms with Gasteiger partial charge in [0.15, 0.2) is 6.61 Å². The molecule has 1 heterocycles. The van der Waals surface area contributed by atoms with Gasteiger partial charge < -0.3 is 14.4 Å². The average Bonchev–Trinajstić information content (AvgIpc) is 2.52. The predicted octanol–water partition coefficient (Wildman–Crippen LogP) is 0.856. The Kier molecular flexibility index (Phi) is 5.83. The van der Waals surface area contributed by atoms with Gasteiger partial charge in [0, 0.05) is 39.8 Å². The van der Waals surface area contributed by atoms with E-state index in [9.17, 15) is 4.79 Å². The molecule has 2 rings (SSSR count). The standard InChI is InChI=1S/C15H22N2O3/c1-19-12-11-16-7-9-17(10-8-16)15(18)13-20-14-5-3-2-4-6-14/h2-6H,7-13H2,1H3. The molecule has 1 fully saturated rings. The summed E-state index contributed by atoms with van der Waals surface area (Å²) in [5, 5.41) is 0. The minimum absolute atomic E-state index is 0.0558. The lowest BCUT2D eigenvalue weighted by molar-refractivity contribution is -0.135. The Morgan fingerprint density at radius 3 is 2.50 bits per heavy atom. The minimum Gasteiger partial charge on any atom is -0.484 e. The van der Waals surface area contributed by atoms with Gasteiger partial charge in [-0.05, 0) is 12.1 Å². The summed E-state index contributed by atoms with van der Waals surface area (Å²) in [6, 6.07) is 9.43. The minimum atomic E-state index is 0.0558. The number of piperazine rings is 1. The van der Waals surface area contributed by atoms with Gasteiger partial charge in [0.1, 0.15) is 5.75 Å². The van der Waals surface area contributed by atoms with Crippen LogP contribution in [0.15, 0.2) is 30.3 Å². The summed E-state index contributed by atoms with van der Waals surface area (Å²) in [6.45, 7) is 5.12. The number of ether oxygens (including phenoxy) is 2. The van der Waals surface area contributed by atoms with Gasteiger partial charge in [-0.25, -0.2) is 0 Å². The lowest BCUT2D eigenvalue weighted by Crippen LogP contribution is -2.50. The quantitative estimate of drug-likeness (QED) is 0.774. The zero-order valence-electron chi connectivity index (χ0n) is 12.0. The summed E-state index contributed by atoms with van der Waals surface area (Å²) in [7, 11) is 1.71. The van der Waals surface area contributed by atoms with Gasteiger partial charge in [0.05, 0.1) is 6.61 Å². The summed E-state index contributed by atoms with van der Waals surface area (Å²) in [5.41, 5.74) is 0. The van der Waals surface area contributed by atoms with E-state index >= 15 is 0 Å². The van der Waals surface area contributed by atoms with Crippen molar-refractivity contribution in [2.45, 2.75) is 0 Å². The lowest BCUT2D eigenvalue weighted by atomic mass is 10.3. The van der Waals surface area contributed by atoms with Gasteiger partial charge in [-0.3, -0.25) is 9.69 Å². The second-order valence-electron chi connectivity index (χ2n) is 4.82. The Bertz CT molecular complexity index is 403. The normalized spacial score (nSPS) is 16.1. The first-order chi connectivity index (χ1) is 9.79. The zero-order valence-corrected chi connectivity index (χ0v) is 12.0. The molecule has 1 amide bonds. The van der Waals surface area contributed by atoms with Gasteiger partial charge in [0.25, 0.3) is 5.91 Å². The molecule has 0 radical (unpaired) electrons. The molecule has 0 saturated carbocycles. The molecule has 0 N–H and O–H groups in total. The third kappa shape index (κ3) is 4.51. The maximum absolute atomic E-state index is 12.0. The molecule has 0 aliphatic carbocycles. The van der Waals surface area contributed by atoms with Crippen LogP contribution in [0.3, 0.4) is 0 Å². The first-order valence-corrected chi connectivity index (χ1v) is 6.96. The van der Waals surface area contributed by atoms with Crippen molar-refractivity contribution in [2.24, 2.45) is 0 Å². The Morgan fingerprint density at radius 2 is 1.85 bits per heavy atom. The van der Waals surface area contributed by atoms with E-state index in [0.29, 0.717) is 0 Å².